The molecule has 2 aromatic heterocycles. The highest BCUT2D eigenvalue weighted by atomic mass is 16.1. The molecule has 0 unspecified atom stereocenters. The van der Waals surface area contributed by atoms with E-state index in [9.17, 15) is 4.79 Å². The number of carbonyl (C=O) groups excluding carboxylic acids is 1. The number of nitrogens with one attached hydrogen (secondary N) is 2. The molecule has 0 spiro atoms. The van der Waals surface area contributed by atoms with Crippen molar-refractivity contribution in [2.24, 2.45) is 0 Å². The third-order valence-electron chi connectivity index (χ3n) is 5.95. The van der Waals surface area contributed by atoms with Gasteiger partial charge in [0.05, 0.1) is 6.54 Å². The molecule has 1 aromatic carbocycles. The fourth-order valence-corrected chi connectivity index (χ4v) is 4.48. The Bertz CT molecular complexity index is 1000. The van der Waals surface area contributed by atoms with Crippen molar-refractivity contribution in [3.63, 3.8) is 0 Å². The second-order valence-electron chi connectivity index (χ2n) is 7.73. The second kappa shape index (κ2) is 6.83. The molecule has 5 rings (SSSR count). The lowest BCUT2D eigenvalue weighted by Gasteiger charge is -2.11. The van der Waals surface area contributed by atoms with E-state index in [1.807, 2.05) is 18.2 Å². The number of carbonyl (C=O) groups is 1. The first-order valence-corrected chi connectivity index (χ1v) is 10.1. The van der Waals surface area contributed by atoms with E-state index in [0.29, 0.717) is 12.1 Å². The minimum absolute atomic E-state index is 0.0476. The van der Waals surface area contributed by atoms with Gasteiger partial charge in [-0.25, -0.2) is 0 Å². The summed E-state index contributed by atoms with van der Waals surface area (Å²) in [6.07, 6.45) is 9.24. The highest BCUT2D eigenvalue weighted by molar-refractivity contribution is 5.99. The first-order chi connectivity index (χ1) is 13.3. The number of benzene rings is 1. The number of aryl methyl sites for hydroxylation is 3. The van der Waals surface area contributed by atoms with E-state index >= 15 is 0 Å². The summed E-state index contributed by atoms with van der Waals surface area (Å²) in [5.74, 6) is 1.87. The molecule has 2 N–H and O–H groups in total. The van der Waals surface area contributed by atoms with Gasteiger partial charge in [-0.1, -0.05) is 6.42 Å². The Hall–Kier alpha value is -2.63. The average Bonchev–Trinajstić information content (AvgIpc) is 3.18. The molecule has 1 aliphatic carbocycles. The van der Waals surface area contributed by atoms with Crippen molar-refractivity contribution in [1.29, 1.82) is 0 Å². The predicted molar refractivity (Wildman–Crippen MR) is 104 cm³/mol. The van der Waals surface area contributed by atoms with Gasteiger partial charge in [-0.15, -0.1) is 10.2 Å². The van der Waals surface area contributed by atoms with Gasteiger partial charge in [0.15, 0.2) is 5.82 Å². The Balaban J connectivity index is 1.35. The molecule has 6 heteroatoms. The molecule has 3 aromatic rings. The van der Waals surface area contributed by atoms with E-state index in [0.717, 1.165) is 49.4 Å². The van der Waals surface area contributed by atoms with E-state index in [1.165, 1.54) is 42.3 Å². The molecule has 0 saturated heterocycles. The number of hydrogen-bond donors (Lipinski definition) is 2. The smallest absolute Gasteiger partial charge is 0.251 e. The Morgan fingerprint density at radius 1 is 1.07 bits per heavy atom. The monoisotopic (exact) mass is 363 g/mol. The van der Waals surface area contributed by atoms with Crippen LogP contribution in [0.25, 0.3) is 10.9 Å². The Morgan fingerprint density at radius 2 is 1.96 bits per heavy atom. The summed E-state index contributed by atoms with van der Waals surface area (Å²) in [6, 6.07) is 5.98. The van der Waals surface area contributed by atoms with Gasteiger partial charge >= 0.3 is 0 Å². The highest BCUT2D eigenvalue weighted by Crippen LogP contribution is 2.29. The number of aromatic amines is 1. The first kappa shape index (κ1) is 16.5. The van der Waals surface area contributed by atoms with E-state index < -0.39 is 0 Å². The van der Waals surface area contributed by atoms with Crippen molar-refractivity contribution < 1.29 is 4.79 Å². The maximum absolute atomic E-state index is 12.7. The van der Waals surface area contributed by atoms with Gasteiger partial charge in [0.25, 0.3) is 5.91 Å². The lowest BCUT2D eigenvalue weighted by molar-refractivity contribution is 0.0949. The zero-order valence-electron chi connectivity index (χ0n) is 15.6. The van der Waals surface area contributed by atoms with Crippen molar-refractivity contribution in [3.8, 4) is 0 Å². The van der Waals surface area contributed by atoms with Crippen LogP contribution in [0.4, 0.5) is 0 Å². The fraction of sp³-hybridized carbons (Fsp3) is 0.476. The molecule has 6 nitrogen and oxygen atoms in total. The van der Waals surface area contributed by atoms with E-state index in [4.69, 9.17) is 0 Å². The van der Waals surface area contributed by atoms with Crippen LogP contribution >= 0.6 is 0 Å². The summed E-state index contributed by atoms with van der Waals surface area (Å²) in [4.78, 5) is 16.3. The SMILES string of the molecule is O=C(NCc1nnc2n1CCCCC2)c1ccc2[nH]c3c(c2c1)CCCC3. The first-order valence-electron chi connectivity index (χ1n) is 10.1. The lowest BCUT2D eigenvalue weighted by Crippen LogP contribution is -2.25. The van der Waals surface area contributed by atoms with Gasteiger partial charge in [0.2, 0.25) is 0 Å². The van der Waals surface area contributed by atoms with Gasteiger partial charge in [-0.3, -0.25) is 4.79 Å². The molecule has 1 aliphatic heterocycles. The molecule has 1 amide bonds. The number of H-pyrrole nitrogens is 1. The molecule has 0 radical (unpaired) electrons. The molecular formula is C21H25N5O. The minimum atomic E-state index is -0.0476. The van der Waals surface area contributed by atoms with Crippen LogP contribution in [0.2, 0.25) is 0 Å². The molecule has 0 atom stereocenters. The molecule has 0 fully saturated rings. The summed E-state index contributed by atoms with van der Waals surface area (Å²) < 4.78 is 2.18. The maximum atomic E-state index is 12.7. The van der Waals surface area contributed by atoms with Crippen LogP contribution in [-0.2, 0) is 32.4 Å². The number of rotatable bonds is 3. The van der Waals surface area contributed by atoms with Crippen LogP contribution in [0.1, 0.15) is 65.4 Å². The fourth-order valence-electron chi connectivity index (χ4n) is 4.48. The van der Waals surface area contributed by atoms with Crippen LogP contribution < -0.4 is 5.32 Å². The largest absolute Gasteiger partial charge is 0.358 e. The summed E-state index contributed by atoms with van der Waals surface area (Å²) in [6.45, 7) is 1.38. The van der Waals surface area contributed by atoms with Crippen LogP contribution in [0, 0.1) is 0 Å². The van der Waals surface area contributed by atoms with E-state index in [-0.39, 0.29) is 5.91 Å². The van der Waals surface area contributed by atoms with Crippen LogP contribution in [0.5, 0.6) is 0 Å². The molecule has 140 valence electrons. The third kappa shape index (κ3) is 3.03. The highest BCUT2D eigenvalue weighted by Gasteiger charge is 2.18. The zero-order chi connectivity index (χ0) is 18.2. The van der Waals surface area contributed by atoms with Gasteiger partial charge in [0.1, 0.15) is 5.82 Å². The number of aromatic nitrogens is 4. The van der Waals surface area contributed by atoms with Crippen LogP contribution in [0.3, 0.4) is 0 Å². The van der Waals surface area contributed by atoms with Gasteiger partial charge in [-0.2, -0.15) is 0 Å². The lowest BCUT2D eigenvalue weighted by atomic mass is 9.95. The Labute approximate surface area is 158 Å². The van der Waals surface area contributed by atoms with Crippen molar-refractivity contribution in [3.05, 3.63) is 46.7 Å². The molecule has 0 bridgehead atoms. The maximum Gasteiger partial charge on any atom is 0.251 e. The van der Waals surface area contributed by atoms with E-state index in [1.54, 1.807) is 0 Å². The van der Waals surface area contributed by atoms with Crippen LogP contribution in [0.15, 0.2) is 18.2 Å². The quantitative estimate of drug-likeness (QED) is 0.750. The van der Waals surface area contributed by atoms with Crippen LogP contribution in [-0.4, -0.2) is 25.7 Å². The summed E-state index contributed by atoms with van der Waals surface area (Å²) in [5, 5.41) is 12.8. The van der Waals surface area contributed by atoms with Gasteiger partial charge < -0.3 is 14.9 Å². The topological polar surface area (TPSA) is 75.6 Å². The van der Waals surface area contributed by atoms with E-state index in [2.05, 4.69) is 25.1 Å². The second-order valence-corrected chi connectivity index (χ2v) is 7.73. The Morgan fingerprint density at radius 3 is 2.93 bits per heavy atom. The molecule has 27 heavy (non-hydrogen) atoms. The molecule has 0 saturated carbocycles. The van der Waals surface area contributed by atoms with Crippen molar-refractivity contribution in [1.82, 2.24) is 25.1 Å². The number of amides is 1. The summed E-state index contributed by atoms with van der Waals surface area (Å²) in [7, 11) is 0. The number of fused-ring (bicyclic) bond motifs is 4. The van der Waals surface area contributed by atoms with Crippen molar-refractivity contribution in [2.75, 3.05) is 0 Å². The number of hydrogen-bond acceptors (Lipinski definition) is 3. The van der Waals surface area contributed by atoms with Crippen molar-refractivity contribution in [2.45, 2.75) is 64.5 Å². The van der Waals surface area contributed by atoms with Crippen molar-refractivity contribution >= 4 is 16.8 Å². The summed E-state index contributed by atoms with van der Waals surface area (Å²) in [5.41, 5.74) is 4.60. The Kier molecular flexibility index (Phi) is 4.19. The molecular weight excluding hydrogens is 338 g/mol. The third-order valence-corrected chi connectivity index (χ3v) is 5.95. The summed E-state index contributed by atoms with van der Waals surface area (Å²) >= 11 is 0. The predicted octanol–water partition coefficient (Wildman–Crippen LogP) is 3.29. The molecule has 2 aliphatic rings. The average molecular weight is 363 g/mol. The van der Waals surface area contributed by atoms with Gasteiger partial charge in [-0.05, 0) is 62.3 Å². The number of nitrogens with zero attached hydrogens (tertiary/aromatic N) is 3. The minimum Gasteiger partial charge on any atom is -0.358 e. The standard InChI is InChI=1S/C21H25N5O/c27-21(22-13-20-25-24-19-8-2-1-5-11-26(19)20)14-9-10-18-16(12-14)15-6-3-4-7-17(15)23-18/h9-10,12,23H,1-8,11,13H2,(H,22,27). The zero-order valence-corrected chi connectivity index (χ0v) is 15.6. The molecule has 3 heterocycles. The normalized spacial score (nSPS) is 16.6. The van der Waals surface area contributed by atoms with Gasteiger partial charge in [0, 0.05) is 35.1 Å².